The Bertz CT molecular complexity index is 1730. The van der Waals surface area contributed by atoms with Crippen molar-refractivity contribution in [1.82, 2.24) is 19.7 Å². The second-order valence-electron chi connectivity index (χ2n) is 11.5. The molecule has 1 N–H and O–H groups in total. The van der Waals surface area contributed by atoms with Crippen LogP contribution in [0.3, 0.4) is 0 Å². The van der Waals surface area contributed by atoms with Gasteiger partial charge in [-0.3, -0.25) is 4.90 Å². The summed E-state index contributed by atoms with van der Waals surface area (Å²) >= 11 is 0. The van der Waals surface area contributed by atoms with Crippen LogP contribution in [-0.2, 0) is 37.6 Å². The largest absolute Gasteiger partial charge is 0.416 e. The summed E-state index contributed by atoms with van der Waals surface area (Å²) in [5.41, 5.74) is 9.34. The van der Waals surface area contributed by atoms with E-state index in [2.05, 4.69) is 84.7 Å². The number of aryl methyl sites for hydroxylation is 3. The van der Waals surface area contributed by atoms with Crippen molar-refractivity contribution < 1.29 is 13.2 Å². The van der Waals surface area contributed by atoms with E-state index in [1.807, 2.05) is 13.1 Å². The summed E-state index contributed by atoms with van der Waals surface area (Å²) in [6.07, 6.45) is -0.657. The molecule has 0 spiro atoms. The number of nitrogens with one attached hydrogen (secondary N) is 1. The van der Waals surface area contributed by atoms with Crippen LogP contribution in [0.25, 0.3) is 27.8 Å². The molecule has 1 aliphatic rings. The smallest absolute Gasteiger partial charge is 0.361 e. The molecule has 0 atom stereocenters. The van der Waals surface area contributed by atoms with Crippen LogP contribution in [0.4, 0.5) is 13.2 Å². The highest BCUT2D eigenvalue weighted by molar-refractivity contribution is 5.95. The van der Waals surface area contributed by atoms with Crippen LogP contribution in [0, 0.1) is 6.92 Å². The molecule has 4 nitrogen and oxygen atoms in total. The molecule has 0 amide bonds. The number of fused-ring (bicyclic) bond motifs is 2. The Labute approximate surface area is 238 Å². The second-order valence-corrected chi connectivity index (χ2v) is 11.5. The van der Waals surface area contributed by atoms with Crippen LogP contribution >= 0.6 is 0 Å². The number of alkyl halides is 3. The summed E-state index contributed by atoms with van der Waals surface area (Å²) in [4.78, 5) is 5.60. The number of hydrogen-bond acceptors (Lipinski definition) is 2. The third-order valence-electron chi connectivity index (χ3n) is 8.77. The standard InChI is InChI=1S/C34H35F3N4/c1-6-22-10-8-11-23(7-2)30(22)41-31(27-12-9-13-29-26(27)16-17-38-29)28-20-40(33(4,5)32(28)39-41)19-24-18-25(34(35,36)37)15-14-21(24)3/h8-18,38H,6-7,19-20H2,1-5H3. The van der Waals surface area contributed by atoms with Crippen LogP contribution in [0.1, 0.15) is 66.8 Å². The zero-order chi connectivity index (χ0) is 29.1. The van der Waals surface area contributed by atoms with Crippen molar-refractivity contribution in [3.8, 4) is 16.9 Å². The molecule has 41 heavy (non-hydrogen) atoms. The Kier molecular flexibility index (Phi) is 6.61. The first-order valence-corrected chi connectivity index (χ1v) is 14.3. The summed E-state index contributed by atoms with van der Waals surface area (Å²) in [6, 6.07) is 18.9. The number of para-hydroxylation sites is 1. The Morgan fingerprint density at radius 3 is 2.32 bits per heavy atom. The molecule has 0 bridgehead atoms. The van der Waals surface area contributed by atoms with Crippen LogP contribution < -0.4 is 0 Å². The maximum absolute atomic E-state index is 13.6. The Balaban J connectivity index is 1.54. The minimum Gasteiger partial charge on any atom is -0.361 e. The van der Waals surface area contributed by atoms with E-state index in [0.29, 0.717) is 18.7 Å². The lowest BCUT2D eigenvalue weighted by Gasteiger charge is -2.32. The third kappa shape index (κ3) is 4.47. The van der Waals surface area contributed by atoms with E-state index >= 15 is 0 Å². The first kappa shape index (κ1) is 27.3. The summed E-state index contributed by atoms with van der Waals surface area (Å²) < 4.78 is 42.9. The van der Waals surface area contributed by atoms with Gasteiger partial charge in [0.15, 0.2) is 0 Å². The number of H-pyrrole nitrogens is 1. The Morgan fingerprint density at radius 1 is 0.927 bits per heavy atom. The van der Waals surface area contributed by atoms with E-state index in [1.165, 1.54) is 23.3 Å². The van der Waals surface area contributed by atoms with Gasteiger partial charge in [-0.15, -0.1) is 0 Å². The number of halogens is 3. The number of nitrogens with zero attached hydrogens (tertiary/aromatic N) is 3. The predicted molar refractivity (Wildman–Crippen MR) is 158 cm³/mol. The van der Waals surface area contributed by atoms with E-state index in [-0.39, 0.29) is 0 Å². The lowest BCUT2D eigenvalue weighted by Crippen LogP contribution is -2.36. The first-order valence-electron chi connectivity index (χ1n) is 14.3. The molecule has 0 fully saturated rings. The van der Waals surface area contributed by atoms with Crippen LogP contribution in [-0.4, -0.2) is 19.7 Å². The molecule has 0 radical (unpaired) electrons. The minimum absolute atomic E-state index is 0.401. The lowest BCUT2D eigenvalue weighted by atomic mass is 9.96. The van der Waals surface area contributed by atoms with E-state index in [9.17, 15) is 13.2 Å². The summed E-state index contributed by atoms with van der Waals surface area (Å²) in [5, 5.41) is 6.47. The molecule has 3 heterocycles. The molecular formula is C34H35F3N4. The SMILES string of the molecule is CCc1cccc(CC)c1-n1nc2c(c1-c1cccc3[nH]ccc13)CN(Cc1cc(C(F)(F)F)ccc1C)C2(C)C. The second kappa shape index (κ2) is 9.91. The molecule has 0 unspecified atom stereocenters. The molecule has 1 aliphatic heterocycles. The van der Waals surface area contributed by atoms with Gasteiger partial charge in [0.1, 0.15) is 0 Å². The third-order valence-corrected chi connectivity index (χ3v) is 8.77. The number of hydrogen-bond donors (Lipinski definition) is 1. The normalized spacial score (nSPS) is 15.1. The average Bonchev–Trinajstić information content (AvgIpc) is 3.63. The Hall–Kier alpha value is -3.84. The molecule has 6 rings (SSSR count). The monoisotopic (exact) mass is 556 g/mol. The van der Waals surface area contributed by atoms with Gasteiger partial charge in [-0.25, -0.2) is 4.68 Å². The summed E-state index contributed by atoms with van der Waals surface area (Å²) in [7, 11) is 0. The topological polar surface area (TPSA) is 36.9 Å². The highest BCUT2D eigenvalue weighted by atomic mass is 19.4. The zero-order valence-corrected chi connectivity index (χ0v) is 24.2. The lowest BCUT2D eigenvalue weighted by molar-refractivity contribution is -0.137. The van der Waals surface area contributed by atoms with Crippen molar-refractivity contribution in [1.29, 1.82) is 0 Å². The first-order chi connectivity index (χ1) is 19.5. The van der Waals surface area contributed by atoms with Crippen molar-refractivity contribution >= 4 is 10.9 Å². The van der Waals surface area contributed by atoms with Gasteiger partial charge < -0.3 is 4.98 Å². The van der Waals surface area contributed by atoms with Crippen molar-refractivity contribution in [2.24, 2.45) is 0 Å². The fraction of sp³-hybridized carbons (Fsp3) is 0.324. The molecule has 0 aliphatic carbocycles. The van der Waals surface area contributed by atoms with Gasteiger partial charge in [0.05, 0.1) is 28.2 Å². The fourth-order valence-electron chi connectivity index (χ4n) is 6.32. The average molecular weight is 557 g/mol. The number of aromatic nitrogens is 3. The quantitative estimate of drug-likeness (QED) is 0.227. The van der Waals surface area contributed by atoms with Crippen LogP contribution in [0.2, 0.25) is 0 Å². The van der Waals surface area contributed by atoms with Crippen LogP contribution in [0.5, 0.6) is 0 Å². The summed E-state index contributed by atoms with van der Waals surface area (Å²) in [6.45, 7) is 11.5. The molecule has 3 aromatic carbocycles. The molecule has 5 aromatic rings. The maximum Gasteiger partial charge on any atom is 0.416 e. The zero-order valence-electron chi connectivity index (χ0n) is 24.2. The van der Waals surface area contributed by atoms with Gasteiger partial charge in [-0.2, -0.15) is 18.3 Å². The molecule has 212 valence electrons. The van der Waals surface area contributed by atoms with E-state index in [1.54, 1.807) is 6.07 Å². The van der Waals surface area contributed by atoms with Gasteiger partial charge in [0, 0.05) is 41.3 Å². The number of benzene rings is 3. The maximum atomic E-state index is 13.6. The van der Waals surface area contributed by atoms with E-state index in [0.717, 1.165) is 57.5 Å². The minimum atomic E-state index is -4.38. The van der Waals surface area contributed by atoms with Gasteiger partial charge in [0.25, 0.3) is 0 Å². The van der Waals surface area contributed by atoms with Crippen molar-refractivity contribution in [3.05, 3.63) is 106 Å². The molecular weight excluding hydrogens is 521 g/mol. The van der Waals surface area contributed by atoms with Crippen molar-refractivity contribution in [2.45, 2.75) is 72.3 Å². The highest BCUT2D eigenvalue weighted by Crippen LogP contribution is 2.46. The molecule has 0 saturated carbocycles. The fourth-order valence-corrected chi connectivity index (χ4v) is 6.32. The molecule has 7 heteroatoms. The van der Waals surface area contributed by atoms with Gasteiger partial charge in [-0.05, 0) is 80.1 Å². The van der Waals surface area contributed by atoms with E-state index in [4.69, 9.17) is 5.10 Å². The van der Waals surface area contributed by atoms with E-state index < -0.39 is 17.3 Å². The van der Waals surface area contributed by atoms with Crippen LogP contribution in [0.15, 0.2) is 66.9 Å². The number of aromatic amines is 1. The number of rotatable bonds is 6. The van der Waals surface area contributed by atoms with Gasteiger partial charge in [0.2, 0.25) is 0 Å². The van der Waals surface area contributed by atoms with Crippen molar-refractivity contribution in [2.75, 3.05) is 0 Å². The summed E-state index contributed by atoms with van der Waals surface area (Å²) in [5.74, 6) is 0. The Morgan fingerprint density at radius 2 is 1.63 bits per heavy atom. The van der Waals surface area contributed by atoms with Crippen molar-refractivity contribution in [3.63, 3.8) is 0 Å². The van der Waals surface area contributed by atoms with Gasteiger partial charge >= 0.3 is 6.18 Å². The predicted octanol–water partition coefficient (Wildman–Crippen LogP) is 8.72. The highest BCUT2D eigenvalue weighted by Gasteiger charge is 2.43. The molecule has 2 aromatic heterocycles. The molecule has 0 saturated heterocycles. The van der Waals surface area contributed by atoms with Gasteiger partial charge in [-0.1, -0.05) is 50.2 Å².